The van der Waals surface area contributed by atoms with Gasteiger partial charge in [0.2, 0.25) is 0 Å². The number of methoxy groups -OCH3 is 1. The summed E-state index contributed by atoms with van der Waals surface area (Å²) in [5.41, 5.74) is 1.17. The molecule has 0 saturated carbocycles. The van der Waals surface area contributed by atoms with E-state index in [-0.39, 0.29) is 0 Å². The van der Waals surface area contributed by atoms with Crippen LogP contribution in [0.2, 0.25) is 0 Å². The molecule has 0 aliphatic rings. The summed E-state index contributed by atoms with van der Waals surface area (Å²) in [4.78, 5) is 0. The zero-order valence-corrected chi connectivity index (χ0v) is 11.4. The van der Waals surface area contributed by atoms with Crippen LogP contribution in [0.5, 0.6) is 11.5 Å². The Bertz CT molecular complexity index is 350. The lowest BCUT2D eigenvalue weighted by Crippen LogP contribution is -2.36. The maximum Gasteiger partial charge on any atom is 0.161 e. The van der Waals surface area contributed by atoms with E-state index >= 15 is 0 Å². The van der Waals surface area contributed by atoms with Gasteiger partial charge in [0.25, 0.3) is 0 Å². The van der Waals surface area contributed by atoms with E-state index in [1.54, 1.807) is 7.11 Å². The predicted molar refractivity (Wildman–Crippen MR) is 70.9 cm³/mol. The SMILES string of the molecule is CNC(COc1ccc(C)cc1OC)C(C)C. The Kier molecular flexibility index (Phi) is 5.29. The summed E-state index contributed by atoms with van der Waals surface area (Å²) in [6.45, 7) is 7.04. The van der Waals surface area contributed by atoms with Crippen molar-refractivity contribution < 1.29 is 9.47 Å². The fraction of sp³-hybridized carbons (Fsp3) is 0.571. The molecule has 17 heavy (non-hydrogen) atoms. The molecule has 0 fully saturated rings. The first-order valence-corrected chi connectivity index (χ1v) is 6.03. The lowest BCUT2D eigenvalue weighted by atomic mass is 10.1. The molecule has 1 aromatic rings. The number of rotatable bonds is 6. The molecular weight excluding hydrogens is 214 g/mol. The molecule has 3 heteroatoms. The number of nitrogens with one attached hydrogen (secondary N) is 1. The van der Waals surface area contributed by atoms with E-state index in [0.717, 1.165) is 11.5 Å². The second-order valence-corrected chi connectivity index (χ2v) is 4.60. The van der Waals surface area contributed by atoms with Crippen molar-refractivity contribution in [3.8, 4) is 11.5 Å². The highest BCUT2D eigenvalue weighted by atomic mass is 16.5. The Morgan fingerprint density at radius 2 is 1.94 bits per heavy atom. The summed E-state index contributed by atoms with van der Waals surface area (Å²) in [6.07, 6.45) is 0. The van der Waals surface area contributed by atoms with Crippen molar-refractivity contribution in [3.63, 3.8) is 0 Å². The molecule has 0 bridgehead atoms. The van der Waals surface area contributed by atoms with Crippen molar-refractivity contribution in [2.45, 2.75) is 26.8 Å². The zero-order chi connectivity index (χ0) is 12.8. The van der Waals surface area contributed by atoms with E-state index in [2.05, 4.69) is 19.2 Å². The van der Waals surface area contributed by atoms with Crippen LogP contribution >= 0.6 is 0 Å². The summed E-state index contributed by atoms with van der Waals surface area (Å²) in [5.74, 6) is 2.14. The highest BCUT2D eigenvalue weighted by Gasteiger charge is 2.13. The number of benzene rings is 1. The second-order valence-electron chi connectivity index (χ2n) is 4.60. The molecule has 1 N–H and O–H groups in total. The minimum Gasteiger partial charge on any atom is -0.493 e. The molecule has 3 nitrogen and oxygen atoms in total. The third-order valence-corrected chi connectivity index (χ3v) is 2.91. The van der Waals surface area contributed by atoms with Gasteiger partial charge in [0.1, 0.15) is 6.61 Å². The van der Waals surface area contributed by atoms with Gasteiger partial charge in [-0.1, -0.05) is 19.9 Å². The van der Waals surface area contributed by atoms with Crippen LogP contribution in [0.15, 0.2) is 18.2 Å². The van der Waals surface area contributed by atoms with Crippen molar-refractivity contribution in [2.75, 3.05) is 20.8 Å². The van der Waals surface area contributed by atoms with Crippen LogP contribution in [0, 0.1) is 12.8 Å². The molecule has 1 rings (SSSR count). The van der Waals surface area contributed by atoms with E-state index in [1.165, 1.54) is 5.56 Å². The predicted octanol–water partition coefficient (Wildman–Crippen LogP) is 2.63. The first kappa shape index (κ1) is 13.8. The molecule has 0 aliphatic heterocycles. The average Bonchev–Trinajstić information content (AvgIpc) is 2.31. The molecule has 0 spiro atoms. The highest BCUT2D eigenvalue weighted by molar-refractivity contribution is 5.42. The lowest BCUT2D eigenvalue weighted by molar-refractivity contribution is 0.229. The number of aryl methyl sites for hydroxylation is 1. The van der Waals surface area contributed by atoms with Crippen LogP contribution < -0.4 is 14.8 Å². The largest absolute Gasteiger partial charge is 0.493 e. The number of ether oxygens (including phenoxy) is 2. The highest BCUT2D eigenvalue weighted by Crippen LogP contribution is 2.28. The van der Waals surface area contributed by atoms with Crippen LogP contribution in [0.3, 0.4) is 0 Å². The van der Waals surface area contributed by atoms with Crippen LogP contribution in [0.4, 0.5) is 0 Å². The van der Waals surface area contributed by atoms with E-state index < -0.39 is 0 Å². The van der Waals surface area contributed by atoms with E-state index in [9.17, 15) is 0 Å². The first-order valence-electron chi connectivity index (χ1n) is 6.03. The van der Waals surface area contributed by atoms with Crippen LogP contribution in [0.25, 0.3) is 0 Å². The monoisotopic (exact) mass is 237 g/mol. The van der Waals surface area contributed by atoms with Gasteiger partial charge in [-0.25, -0.2) is 0 Å². The molecule has 1 unspecified atom stereocenters. The van der Waals surface area contributed by atoms with Gasteiger partial charge in [0.15, 0.2) is 11.5 Å². The quantitative estimate of drug-likeness (QED) is 0.825. The summed E-state index contributed by atoms with van der Waals surface area (Å²) < 4.78 is 11.1. The Morgan fingerprint density at radius 3 is 2.47 bits per heavy atom. The Hall–Kier alpha value is -1.22. The van der Waals surface area contributed by atoms with E-state index in [0.29, 0.717) is 18.6 Å². The second kappa shape index (κ2) is 6.50. The molecule has 0 saturated heterocycles. The minimum absolute atomic E-state index is 0.348. The topological polar surface area (TPSA) is 30.5 Å². The van der Waals surface area contributed by atoms with Crippen molar-refractivity contribution in [1.82, 2.24) is 5.32 Å². The third kappa shape index (κ3) is 3.93. The van der Waals surface area contributed by atoms with Gasteiger partial charge in [-0.2, -0.15) is 0 Å². The normalized spacial score (nSPS) is 12.6. The number of likely N-dealkylation sites (N-methyl/N-ethyl adjacent to an activating group) is 1. The standard InChI is InChI=1S/C14H23NO2/c1-10(2)12(15-4)9-17-13-7-6-11(3)8-14(13)16-5/h6-8,10,12,15H,9H2,1-5H3. The Labute approximate surface area is 104 Å². The first-order chi connectivity index (χ1) is 8.08. The fourth-order valence-corrected chi connectivity index (χ4v) is 1.68. The summed E-state index contributed by atoms with van der Waals surface area (Å²) in [7, 11) is 3.63. The third-order valence-electron chi connectivity index (χ3n) is 2.91. The molecule has 0 radical (unpaired) electrons. The number of hydrogen-bond acceptors (Lipinski definition) is 3. The minimum atomic E-state index is 0.348. The molecule has 0 aromatic heterocycles. The van der Waals surface area contributed by atoms with Gasteiger partial charge in [-0.15, -0.1) is 0 Å². The van der Waals surface area contributed by atoms with Gasteiger partial charge < -0.3 is 14.8 Å². The van der Waals surface area contributed by atoms with Crippen molar-refractivity contribution >= 4 is 0 Å². The maximum absolute atomic E-state index is 5.81. The number of hydrogen-bond donors (Lipinski definition) is 1. The Balaban J connectivity index is 2.68. The summed E-state index contributed by atoms with van der Waals surface area (Å²) in [5, 5.41) is 3.25. The zero-order valence-electron chi connectivity index (χ0n) is 11.4. The molecule has 96 valence electrons. The molecule has 0 heterocycles. The molecular formula is C14H23NO2. The molecule has 1 aromatic carbocycles. The van der Waals surface area contributed by atoms with Gasteiger partial charge in [-0.05, 0) is 37.6 Å². The van der Waals surface area contributed by atoms with Gasteiger partial charge in [-0.3, -0.25) is 0 Å². The van der Waals surface area contributed by atoms with Crippen molar-refractivity contribution in [2.24, 2.45) is 5.92 Å². The van der Waals surface area contributed by atoms with Crippen LogP contribution in [-0.4, -0.2) is 26.8 Å². The Morgan fingerprint density at radius 1 is 1.24 bits per heavy atom. The van der Waals surface area contributed by atoms with Crippen molar-refractivity contribution in [1.29, 1.82) is 0 Å². The van der Waals surface area contributed by atoms with Gasteiger partial charge in [0, 0.05) is 6.04 Å². The van der Waals surface area contributed by atoms with Gasteiger partial charge in [0.05, 0.1) is 7.11 Å². The van der Waals surface area contributed by atoms with Crippen LogP contribution in [0.1, 0.15) is 19.4 Å². The molecule has 0 aliphatic carbocycles. The average molecular weight is 237 g/mol. The summed E-state index contributed by atoms with van der Waals surface area (Å²) >= 11 is 0. The van der Waals surface area contributed by atoms with E-state index in [1.807, 2.05) is 32.2 Å². The maximum atomic E-state index is 5.81. The molecule has 0 amide bonds. The smallest absolute Gasteiger partial charge is 0.161 e. The van der Waals surface area contributed by atoms with Crippen LogP contribution in [-0.2, 0) is 0 Å². The summed E-state index contributed by atoms with van der Waals surface area (Å²) in [6, 6.07) is 6.32. The fourth-order valence-electron chi connectivity index (χ4n) is 1.68. The lowest BCUT2D eigenvalue weighted by Gasteiger charge is -2.21. The van der Waals surface area contributed by atoms with E-state index in [4.69, 9.17) is 9.47 Å². The van der Waals surface area contributed by atoms with Gasteiger partial charge >= 0.3 is 0 Å². The van der Waals surface area contributed by atoms with Crippen molar-refractivity contribution in [3.05, 3.63) is 23.8 Å². The molecule has 1 atom stereocenters.